The number of phenolic OH excluding ortho intramolecular Hbond substituents is 1. The zero-order valence-electron chi connectivity index (χ0n) is 14.1. The van der Waals surface area contributed by atoms with Gasteiger partial charge in [-0.05, 0) is 59.7 Å². The van der Waals surface area contributed by atoms with Crippen LogP contribution in [0.25, 0.3) is 5.69 Å². The zero-order valence-corrected chi connectivity index (χ0v) is 14.9. The third-order valence-corrected chi connectivity index (χ3v) is 5.34. The lowest BCUT2D eigenvalue weighted by atomic mass is 10.2. The van der Waals surface area contributed by atoms with Gasteiger partial charge in [-0.3, -0.25) is 4.79 Å². The third kappa shape index (κ3) is 3.03. The first kappa shape index (κ1) is 16.6. The number of tetrazole rings is 1. The number of fused-ring (bicyclic) bond motifs is 1. The SMILES string of the molecule is C[C@H](Sc1nnnn1-c1ccc(O)cc1)C(=O)N1CCc2ccccc21. The van der Waals surface area contributed by atoms with Crippen LogP contribution in [0.3, 0.4) is 0 Å². The van der Waals surface area contributed by atoms with Gasteiger partial charge < -0.3 is 10.0 Å². The molecule has 2 heterocycles. The molecule has 0 fully saturated rings. The van der Waals surface area contributed by atoms with Crippen LogP contribution in [0.4, 0.5) is 5.69 Å². The summed E-state index contributed by atoms with van der Waals surface area (Å²) in [6, 6.07) is 14.6. The molecular formula is C18H17N5O2S. The van der Waals surface area contributed by atoms with Gasteiger partial charge in [-0.2, -0.15) is 4.68 Å². The van der Waals surface area contributed by atoms with Gasteiger partial charge in [0.05, 0.1) is 10.9 Å². The number of carbonyl (C=O) groups is 1. The number of aromatic hydroxyl groups is 1. The first-order valence-corrected chi connectivity index (χ1v) is 9.15. The highest BCUT2D eigenvalue weighted by atomic mass is 32.2. The van der Waals surface area contributed by atoms with Crippen LogP contribution in [0.5, 0.6) is 5.75 Å². The molecule has 0 bridgehead atoms. The minimum atomic E-state index is -0.331. The largest absolute Gasteiger partial charge is 0.508 e. The maximum Gasteiger partial charge on any atom is 0.240 e. The summed E-state index contributed by atoms with van der Waals surface area (Å²) in [6.07, 6.45) is 0.880. The second-order valence-corrected chi connectivity index (χ2v) is 7.33. The van der Waals surface area contributed by atoms with Crippen molar-refractivity contribution in [1.29, 1.82) is 0 Å². The molecule has 8 heteroatoms. The third-order valence-electron chi connectivity index (χ3n) is 4.32. The van der Waals surface area contributed by atoms with Crippen LogP contribution in [0.2, 0.25) is 0 Å². The summed E-state index contributed by atoms with van der Waals surface area (Å²) >= 11 is 1.32. The number of carbonyl (C=O) groups excluding carboxylic acids is 1. The number of benzene rings is 2. The smallest absolute Gasteiger partial charge is 0.240 e. The summed E-state index contributed by atoms with van der Waals surface area (Å²) < 4.78 is 1.56. The van der Waals surface area contributed by atoms with Crippen molar-refractivity contribution in [3.63, 3.8) is 0 Å². The van der Waals surface area contributed by atoms with Crippen LogP contribution in [-0.4, -0.2) is 43.0 Å². The Kier molecular flexibility index (Phi) is 4.34. The summed E-state index contributed by atoms with van der Waals surface area (Å²) in [5.41, 5.74) is 2.91. The molecule has 1 N–H and O–H groups in total. The molecule has 0 spiro atoms. The number of para-hydroxylation sites is 1. The molecule has 7 nitrogen and oxygen atoms in total. The van der Waals surface area contributed by atoms with Gasteiger partial charge in [0, 0.05) is 12.2 Å². The van der Waals surface area contributed by atoms with Crippen LogP contribution >= 0.6 is 11.8 Å². The van der Waals surface area contributed by atoms with E-state index in [2.05, 4.69) is 21.6 Å². The van der Waals surface area contributed by atoms with E-state index in [1.807, 2.05) is 30.0 Å². The lowest BCUT2D eigenvalue weighted by Gasteiger charge is -2.21. The Balaban J connectivity index is 1.53. The molecule has 1 amide bonds. The van der Waals surface area contributed by atoms with Crippen molar-refractivity contribution in [3.8, 4) is 11.4 Å². The van der Waals surface area contributed by atoms with Gasteiger partial charge >= 0.3 is 0 Å². The maximum absolute atomic E-state index is 12.9. The molecule has 0 unspecified atom stereocenters. The number of thioether (sulfide) groups is 1. The van der Waals surface area contributed by atoms with Gasteiger partial charge in [0.15, 0.2) is 0 Å². The second kappa shape index (κ2) is 6.80. The molecule has 1 aliphatic rings. The molecule has 3 aromatic rings. The maximum atomic E-state index is 12.9. The molecule has 0 aliphatic carbocycles. The summed E-state index contributed by atoms with van der Waals surface area (Å²) in [5.74, 6) is 0.215. The van der Waals surface area contributed by atoms with Crippen molar-refractivity contribution in [1.82, 2.24) is 20.2 Å². The molecule has 1 aromatic heterocycles. The minimum absolute atomic E-state index is 0.0419. The van der Waals surface area contributed by atoms with Crippen molar-refractivity contribution < 1.29 is 9.90 Å². The van der Waals surface area contributed by atoms with Gasteiger partial charge in [0.25, 0.3) is 0 Å². The molecule has 26 heavy (non-hydrogen) atoms. The Bertz CT molecular complexity index is 941. The monoisotopic (exact) mass is 367 g/mol. The van der Waals surface area contributed by atoms with Gasteiger partial charge in [0.2, 0.25) is 11.1 Å². The fraction of sp³-hybridized carbons (Fsp3) is 0.222. The van der Waals surface area contributed by atoms with Gasteiger partial charge in [0.1, 0.15) is 5.75 Å². The predicted molar refractivity (Wildman–Crippen MR) is 98.6 cm³/mol. The Hall–Kier alpha value is -2.87. The van der Waals surface area contributed by atoms with Gasteiger partial charge in [-0.1, -0.05) is 30.0 Å². The number of rotatable bonds is 4. The van der Waals surface area contributed by atoms with Crippen molar-refractivity contribution in [2.45, 2.75) is 23.8 Å². The van der Waals surface area contributed by atoms with Gasteiger partial charge in [-0.15, -0.1) is 5.10 Å². The number of phenols is 1. The van der Waals surface area contributed by atoms with Crippen molar-refractivity contribution in [3.05, 3.63) is 54.1 Å². The fourth-order valence-corrected chi connectivity index (χ4v) is 3.87. The summed E-state index contributed by atoms with van der Waals surface area (Å²) in [5, 5.41) is 21.4. The number of amides is 1. The molecule has 4 rings (SSSR count). The molecular weight excluding hydrogens is 350 g/mol. The van der Waals surface area contributed by atoms with E-state index in [0.717, 1.165) is 17.8 Å². The van der Waals surface area contributed by atoms with E-state index < -0.39 is 0 Å². The highest BCUT2D eigenvalue weighted by Crippen LogP contribution is 2.31. The average Bonchev–Trinajstić information content (AvgIpc) is 3.28. The van der Waals surface area contributed by atoms with Gasteiger partial charge in [-0.25, -0.2) is 0 Å². The van der Waals surface area contributed by atoms with Crippen molar-refractivity contribution in [2.24, 2.45) is 0 Å². The Morgan fingerprint density at radius 2 is 1.96 bits per heavy atom. The molecule has 1 aliphatic heterocycles. The van der Waals surface area contributed by atoms with Crippen LogP contribution < -0.4 is 4.90 Å². The van der Waals surface area contributed by atoms with Crippen molar-refractivity contribution >= 4 is 23.4 Å². The topological polar surface area (TPSA) is 84.1 Å². The molecule has 132 valence electrons. The second-order valence-electron chi connectivity index (χ2n) is 6.02. The number of hydrogen-bond acceptors (Lipinski definition) is 6. The quantitative estimate of drug-likeness (QED) is 0.713. The zero-order chi connectivity index (χ0) is 18.1. The average molecular weight is 367 g/mol. The Morgan fingerprint density at radius 1 is 1.19 bits per heavy atom. The number of hydrogen-bond donors (Lipinski definition) is 1. The number of aromatic nitrogens is 4. The molecule has 1 atom stereocenters. The summed E-state index contributed by atoms with van der Waals surface area (Å²) in [7, 11) is 0. The Labute approximate surface area is 154 Å². The summed E-state index contributed by atoms with van der Waals surface area (Å²) in [4.78, 5) is 14.8. The summed E-state index contributed by atoms with van der Waals surface area (Å²) in [6.45, 7) is 2.57. The first-order chi connectivity index (χ1) is 12.6. The van der Waals surface area contributed by atoms with Crippen LogP contribution in [0.1, 0.15) is 12.5 Å². The van der Waals surface area contributed by atoms with Crippen LogP contribution in [0.15, 0.2) is 53.7 Å². The molecule has 0 saturated carbocycles. The molecule has 2 aromatic carbocycles. The number of nitrogens with zero attached hydrogens (tertiary/aromatic N) is 5. The normalized spacial score (nSPS) is 14.3. The van der Waals surface area contributed by atoms with E-state index in [1.165, 1.54) is 17.3 Å². The van der Waals surface area contributed by atoms with E-state index in [1.54, 1.807) is 28.9 Å². The standard InChI is InChI=1S/C18H17N5O2S/c1-12(17(25)22-11-10-13-4-2-3-5-16(13)22)26-18-19-20-21-23(18)14-6-8-15(24)9-7-14/h2-9,12,24H,10-11H2,1H3/t12-/m0/s1. The van der Waals surface area contributed by atoms with Crippen molar-refractivity contribution in [2.75, 3.05) is 11.4 Å². The molecule has 0 radical (unpaired) electrons. The van der Waals surface area contributed by atoms with E-state index >= 15 is 0 Å². The lowest BCUT2D eigenvalue weighted by molar-refractivity contribution is -0.117. The number of anilines is 1. The minimum Gasteiger partial charge on any atom is -0.508 e. The molecule has 0 saturated heterocycles. The predicted octanol–water partition coefficient (Wildman–Crippen LogP) is 2.44. The van der Waals surface area contributed by atoms with E-state index in [9.17, 15) is 9.90 Å². The first-order valence-electron chi connectivity index (χ1n) is 8.27. The van der Waals surface area contributed by atoms with E-state index in [4.69, 9.17) is 0 Å². The lowest BCUT2D eigenvalue weighted by Crippen LogP contribution is -2.35. The van der Waals surface area contributed by atoms with E-state index in [-0.39, 0.29) is 16.9 Å². The highest BCUT2D eigenvalue weighted by molar-refractivity contribution is 8.00. The van der Waals surface area contributed by atoms with Crippen LogP contribution in [0, 0.1) is 0 Å². The van der Waals surface area contributed by atoms with E-state index in [0.29, 0.717) is 11.7 Å². The Morgan fingerprint density at radius 3 is 2.77 bits per heavy atom. The highest BCUT2D eigenvalue weighted by Gasteiger charge is 2.29. The fourth-order valence-electron chi connectivity index (χ4n) is 3.00. The van der Waals surface area contributed by atoms with Crippen LogP contribution in [-0.2, 0) is 11.2 Å².